The molecule has 0 saturated carbocycles. The van der Waals surface area contributed by atoms with Crippen molar-refractivity contribution in [3.05, 3.63) is 33.5 Å². The largest absolute Gasteiger partial charge is 0.280 e. The molecule has 0 aliphatic carbocycles. The van der Waals surface area contributed by atoms with Crippen LogP contribution in [0.3, 0.4) is 0 Å². The van der Waals surface area contributed by atoms with Crippen LogP contribution >= 0.6 is 15.9 Å². The SMILES string of the molecule is O=C1N=Cc2cc(Br)cc(F)c21. The van der Waals surface area contributed by atoms with Crippen LogP contribution in [0.1, 0.15) is 15.9 Å². The van der Waals surface area contributed by atoms with Crippen LogP contribution in [0.15, 0.2) is 21.6 Å². The molecular formula is C8H3BrFNO. The Kier molecular flexibility index (Phi) is 1.58. The van der Waals surface area contributed by atoms with Crippen LogP contribution in [0.5, 0.6) is 0 Å². The monoisotopic (exact) mass is 227 g/mol. The molecule has 0 unspecified atom stereocenters. The van der Waals surface area contributed by atoms with E-state index in [0.29, 0.717) is 10.0 Å². The standard InChI is InChI=1S/C8H3BrFNO/c9-5-1-4-3-11-8(12)7(4)6(10)2-5/h1-3H. The van der Waals surface area contributed by atoms with Crippen LogP contribution in [-0.2, 0) is 0 Å². The molecule has 0 atom stereocenters. The first-order chi connectivity index (χ1) is 5.68. The molecule has 1 aliphatic rings. The summed E-state index contributed by atoms with van der Waals surface area (Å²) >= 11 is 3.12. The van der Waals surface area contributed by atoms with E-state index in [2.05, 4.69) is 20.9 Å². The molecule has 2 rings (SSSR count). The van der Waals surface area contributed by atoms with Gasteiger partial charge in [0.05, 0.1) is 5.56 Å². The lowest BCUT2D eigenvalue weighted by atomic mass is 10.1. The van der Waals surface area contributed by atoms with Gasteiger partial charge in [-0.15, -0.1) is 0 Å². The fraction of sp³-hybridized carbons (Fsp3) is 0. The minimum absolute atomic E-state index is 0.0678. The van der Waals surface area contributed by atoms with Crippen LogP contribution < -0.4 is 0 Å². The second-order valence-electron chi connectivity index (χ2n) is 2.42. The van der Waals surface area contributed by atoms with Gasteiger partial charge >= 0.3 is 0 Å². The zero-order chi connectivity index (χ0) is 8.72. The topological polar surface area (TPSA) is 29.4 Å². The van der Waals surface area contributed by atoms with Gasteiger partial charge in [0.1, 0.15) is 5.82 Å². The van der Waals surface area contributed by atoms with E-state index in [1.165, 1.54) is 12.3 Å². The number of hydrogen-bond acceptors (Lipinski definition) is 1. The maximum absolute atomic E-state index is 13.1. The number of fused-ring (bicyclic) bond motifs is 1. The third-order valence-corrected chi connectivity index (χ3v) is 2.08. The fourth-order valence-electron chi connectivity index (χ4n) is 1.11. The van der Waals surface area contributed by atoms with Gasteiger partial charge in [0.2, 0.25) is 0 Å². The van der Waals surface area contributed by atoms with E-state index in [1.54, 1.807) is 6.07 Å². The Hall–Kier alpha value is -1.03. The second kappa shape index (κ2) is 2.48. The van der Waals surface area contributed by atoms with Gasteiger partial charge in [-0.05, 0) is 12.1 Å². The van der Waals surface area contributed by atoms with Crippen molar-refractivity contribution in [2.75, 3.05) is 0 Å². The molecular weight excluding hydrogens is 225 g/mol. The van der Waals surface area contributed by atoms with Gasteiger partial charge in [-0.25, -0.2) is 9.38 Å². The number of rotatable bonds is 0. The van der Waals surface area contributed by atoms with Crippen molar-refractivity contribution in [2.45, 2.75) is 0 Å². The van der Waals surface area contributed by atoms with E-state index in [4.69, 9.17) is 0 Å². The molecule has 0 N–H and O–H groups in total. The Morgan fingerprint density at radius 2 is 2.17 bits per heavy atom. The Balaban J connectivity index is 2.74. The van der Waals surface area contributed by atoms with E-state index in [9.17, 15) is 9.18 Å². The van der Waals surface area contributed by atoms with Gasteiger partial charge in [-0.2, -0.15) is 0 Å². The molecule has 1 aliphatic heterocycles. The maximum Gasteiger partial charge on any atom is 0.280 e. The molecule has 1 amide bonds. The van der Waals surface area contributed by atoms with Crippen molar-refractivity contribution in [1.29, 1.82) is 0 Å². The average molecular weight is 228 g/mol. The molecule has 0 fully saturated rings. The van der Waals surface area contributed by atoms with Crippen LogP contribution in [-0.4, -0.2) is 12.1 Å². The highest BCUT2D eigenvalue weighted by Gasteiger charge is 2.20. The minimum atomic E-state index is -0.526. The summed E-state index contributed by atoms with van der Waals surface area (Å²) in [7, 11) is 0. The van der Waals surface area contributed by atoms with Gasteiger partial charge in [-0.3, -0.25) is 4.79 Å². The average Bonchev–Trinajstić information content (AvgIpc) is 2.31. The van der Waals surface area contributed by atoms with Crippen LogP contribution in [0, 0.1) is 5.82 Å². The van der Waals surface area contributed by atoms with E-state index < -0.39 is 11.7 Å². The molecule has 1 aromatic rings. The Bertz CT molecular complexity index is 400. The number of hydrogen-bond donors (Lipinski definition) is 0. The van der Waals surface area contributed by atoms with Crippen LogP contribution in [0.4, 0.5) is 4.39 Å². The summed E-state index contributed by atoms with van der Waals surface area (Å²) in [6, 6.07) is 2.91. The molecule has 0 aromatic heterocycles. The highest BCUT2D eigenvalue weighted by atomic mass is 79.9. The van der Waals surface area contributed by atoms with Gasteiger partial charge in [0.15, 0.2) is 0 Å². The smallest absolute Gasteiger partial charge is 0.267 e. The molecule has 60 valence electrons. The number of amides is 1. The molecule has 0 saturated heterocycles. The highest BCUT2D eigenvalue weighted by Crippen LogP contribution is 2.23. The zero-order valence-corrected chi connectivity index (χ0v) is 7.43. The Labute approximate surface area is 76.2 Å². The minimum Gasteiger partial charge on any atom is -0.267 e. The quantitative estimate of drug-likeness (QED) is 0.668. The van der Waals surface area contributed by atoms with E-state index in [-0.39, 0.29) is 5.56 Å². The highest BCUT2D eigenvalue weighted by molar-refractivity contribution is 9.10. The van der Waals surface area contributed by atoms with Crippen LogP contribution in [0.25, 0.3) is 0 Å². The second-order valence-corrected chi connectivity index (χ2v) is 3.33. The number of nitrogens with zero attached hydrogens (tertiary/aromatic N) is 1. The predicted octanol–water partition coefficient (Wildman–Crippen LogP) is 2.16. The van der Waals surface area contributed by atoms with Gasteiger partial charge in [0, 0.05) is 16.3 Å². The van der Waals surface area contributed by atoms with Crippen molar-refractivity contribution in [1.82, 2.24) is 0 Å². The Morgan fingerprint density at radius 1 is 1.42 bits per heavy atom. The van der Waals surface area contributed by atoms with Crippen molar-refractivity contribution in [2.24, 2.45) is 4.99 Å². The lowest BCUT2D eigenvalue weighted by Gasteiger charge is -1.97. The van der Waals surface area contributed by atoms with E-state index >= 15 is 0 Å². The Morgan fingerprint density at radius 3 is 2.92 bits per heavy atom. The lowest BCUT2D eigenvalue weighted by Crippen LogP contribution is -1.96. The van der Waals surface area contributed by atoms with E-state index in [1.807, 2.05) is 0 Å². The molecule has 0 bridgehead atoms. The summed E-state index contributed by atoms with van der Waals surface area (Å²) in [5.41, 5.74) is 0.602. The number of benzene rings is 1. The zero-order valence-electron chi connectivity index (χ0n) is 5.84. The molecule has 0 spiro atoms. The summed E-state index contributed by atoms with van der Waals surface area (Å²) in [4.78, 5) is 14.4. The molecule has 12 heavy (non-hydrogen) atoms. The third kappa shape index (κ3) is 0.992. The lowest BCUT2D eigenvalue weighted by molar-refractivity contribution is 0.100. The van der Waals surface area contributed by atoms with Crippen LogP contribution in [0.2, 0.25) is 0 Å². The summed E-state index contributed by atoms with van der Waals surface area (Å²) in [6.45, 7) is 0. The molecule has 4 heteroatoms. The van der Waals surface area contributed by atoms with Crippen molar-refractivity contribution >= 4 is 28.1 Å². The first kappa shape index (κ1) is 7.61. The normalized spacial score (nSPS) is 13.7. The third-order valence-electron chi connectivity index (χ3n) is 1.62. The number of halogens is 2. The summed E-state index contributed by atoms with van der Waals surface area (Å²) in [5.74, 6) is -1.03. The number of carbonyl (C=O) groups excluding carboxylic acids is 1. The predicted molar refractivity (Wildman–Crippen MR) is 46.0 cm³/mol. The molecule has 0 radical (unpaired) electrons. The summed E-state index contributed by atoms with van der Waals surface area (Å²) < 4.78 is 13.7. The molecule has 1 aromatic carbocycles. The fourth-order valence-corrected chi connectivity index (χ4v) is 1.56. The van der Waals surface area contributed by atoms with E-state index in [0.717, 1.165) is 0 Å². The summed E-state index contributed by atoms with van der Waals surface area (Å²) in [5, 5.41) is 0. The van der Waals surface area contributed by atoms with Gasteiger partial charge in [-0.1, -0.05) is 15.9 Å². The maximum atomic E-state index is 13.1. The van der Waals surface area contributed by atoms with Crippen molar-refractivity contribution < 1.29 is 9.18 Å². The number of carbonyl (C=O) groups is 1. The first-order valence-electron chi connectivity index (χ1n) is 3.26. The molecule has 1 heterocycles. The van der Waals surface area contributed by atoms with Crippen molar-refractivity contribution in [3.8, 4) is 0 Å². The van der Waals surface area contributed by atoms with Gasteiger partial charge in [0.25, 0.3) is 5.91 Å². The first-order valence-corrected chi connectivity index (χ1v) is 4.05. The number of aliphatic imine (C=N–C) groups is 1. The molecule has 2 nitrogen and oxygen atoms in total. The van der Waals surface area contributed by atoms with Gasteiger partial charge < -0.3 is 0 Å². The van der Waals surface area contributed by atoms with Crippen molar-refractivity contribution in [3.63, 3.8) is 0 Å². The summed E-state index contributed by atoms with van der Waals surface area (Å²) in [6.07, 6.45) is 1.37.